The molecule has 1 fully saturated rings. The van der Waals surface area contributed by atoms with Crippen molar-refractivity contribution in [2.24, 2.45) is 11.3 Å². The smallest absolute Gasteiger partial charge is 0.325 e. The standard InChI is InChI=1S/C47H59Cl3N6O7Si/c1-29(2)38(41(58)51-30(3)42(59)56-26-16-21-36(55-56)43(60)62-28-47(48,49)50)53-44(61)46(8,9)25-24-32-22-23-35-37(27-32)52-39(54-40(35)57)31(4)63-64(45(5,6)7,33-17-12-10-13-18-33)34-19-14-11-15-20-34/h10-15,17-20,22-25,27,29-31,36,38,55H,16,21,26,28H2,1-9H3,(H,51,58)(H,53,61)(H,52,54,57)/b25-24+/t30-,31+,36-,38-/m0/s1. The second-order valence-electron chi connectivity index (χ2n) is 18.2. The van der Waals surface area contributed by atoms with Gasteiger partial charge in [0.2, 0.25) is 15.6 Å². The molecule has 5 rings (SSSR count). The van der Waals surface area contributed by atoms with Crippen molar-refractivity contribution in [3.63, 3.8) is 0 Å². The second kappa shape index (κ2) is 20.7. The molecule has 64 heavy (non-hydrogen) atoms. The van der Waals surface area contributed by atoms with Crippen LogP contribution in [0.25, 0.3) is 17.0 Å². The van der Waals surface area contributed by atoms with Gasteiger partial charge >= 0.3 is 5.97 Å². The lowest BCUT2D eigenvalue weighted by Gasteiger charge is -2.44. The highest BCUT2D eigenvalue weighted by Crippen LogP contribution is 2.39. The van der Waals surface area contributed by atoms with E-state index in [9.17, 15) is 24.0 Å². The first-order valence-corrected chi connectivity index (χ1v) is 24.4. The number of halogens is 3. The van der Waals surface area contributed by atoms with E-state index in [1.165, 1.54) is 11.9 Å². The lowest BCUT2D eigenvalue weighted by atomic mass is 9.89. The second-order valence-corrected chi connectivity index (χ2v) is 24.9. The average Bonchev–Trinajstić information content (AvgIpc) is 3.24. The summed E-state index contributed by atoms with van der Waals surface area (Å²) in [7, 11) is -2.97. The quantitative estimate of drug-likeness (QED) is 0.0579. The van der Waals surface area contributed by atoms with E-state index >= 15 is 0 Å². The van der Waals surface area contributed by atoms with Crippen LogP contribution in [0.3, 0.4) is 0 Å². The van der Waals surface area contributed by atoms with Gasteiger partial charge in [-0.2, -0.15) is 0 Å². The number of ether oxygens (including phenoxy) is 1. The van der Waals surface area contributed by atoms with Crippen LogP contribution in [0.2, 0.25) is 5.04 Å². The summed E-state index contributed by atoms with van der Waals surface area (Å²) in [5.74, 6) is -2.06. The Morgan fingerprint density at radius 3 is 2.08 bits per heavy atom. The number of carbonyl (C=O) groups excluding carboxylic acids is 4. The predicted molar refractivity (Wildman–Crippen MR) is 256 cm³/mol. The third-order valence-electron chi connectivity index (χ3n) is 11.3. The fourth-order valence-electron chi connectivity index (χ4n) is 7.69. The number of aromatic nitrogens is 2. The Hall–Kier alpha value is -4.57. The van der Waals surface area contributed by atoms with Gasteiger partial charge < -0.3 is 24.8 Å². The summed E-state index contributed by atoms with van der Waals surface area (Å²) in [6, 6.07) is 23.0. The van der Waals surface area contributed by atoms with Crippen LogP contribution < -0.4 is 32.0 Å². The highest BCUT2D eigenvalue weighted by Gasteiger charge is 2.51. The fraction of sp³-hybridized carbons (Fsp3) is 0.447. The van der Waals surface area contributed by atoms with Crippen molar-refractivity contribution in [1.29, 1.82) is 0 Å². The molecule has 0 aliphatic carbocycles. The summed E-state index contributed by atoms with van der Waals surface area (Å²) in [5, 5.41) is 9.18. The van der Waals surface area contributed by atoms with Crippen molar-refractivity contribution in [1.82, 2.24) is 31.0 Å². The molecule has 1 aliphatic heterocycles. The predicted octanol–water partition coefficient (Wildman–Crippen LogP) is 6.65. The maximum absolute atomic E-state index is 13.8. The third-order valence-corrected chi connectivity index (χ3v) is 16.7. The molecule has 4 aromatic rings. The summed E-state index contributed by atoms with van der Waals surface area (Å²) in [6.45, 7) is 16.9. The van der Waals surface area contributed by atoms with Crippen molar-refractivity contribution >= 4 is 94.2 Å². The van der Waals surface area contributed by atoms with Gasteiger partial charge in [-0.1, -0.05) is 148 Å². The third kappa shape index (κ3) is 12.2. The van der Waals surface area contributed by atoms with Gasteiger partial charge in [0.25, 0.3) is 19.8 Å². The number of carbonyl (C=O) groups is 4. The molecular formula is C47H59Cl3N6O7Si. The van der Waals surface area contributed by atoms with Gasteiger partial charge in [0.05, 0.1) is 16.3 Å². The summed E-state index contributed by atoms with van der Waals surface area (Å²) >= 11 is 17.1. The first-order chi connectivity index (χ1) is 29.9. The van der Waals surface area contributed by atoms with Crippen molar-refractivity contribution in [2.45, 2.75) is 108 Å². The van der Waals surface area contributed by atoms with Crippen LogP contribution in [0.1, 0.15) is 92.6 Å². The summed E-state index contributed by atoms with van der Waals surface area (Å²) in [4.78, 5) is 74.7. The molecule has 17 heteroatoms. The van der Waals surface area contributed by atoms with Crippen molar-refractivity contribution in [2.75, 3.05) is 13.2 Å². The highest BCUT2D eigenvalue weighted by atomic mass is 35.6. The van der Waals surface area contributed by atoms with Crippen molar-refractivity contribution < 1.29 is 28.3 Å². The number of nitrogens with one attached hydrogen (secondary N) is 4. The maximum atomic E-state index is 13.8. The minimum atomic E-state index is -2.97. The largest absolute Gasteiger partial charge is 0.460 e. The number of esters is 1. The van der Waals surface area contributed by atoms with Crippen LogP contribution in [0.15, 0.2) is 89.7 Å². The van der Waals surface area contributed by atoms with Gasteiger partial charge in [0, 0.05) is 6.54 Å². The van der Waals surface area contributed by atoms with Gasteiger partial charge in [-0.25, -0.2) is 10.4 Å². The van der Waals surface area contributed by atoms with E-state index in [1.54, 1.807) is 58.0 Å². The molecule has 0 bridgehead atoms. The number of benzene rings is 3. The van der Waals surface area contributed by atoms with Crippen LogP contribution in [0.5, 0.6) is 0 Å². The molecule has 3 aromatic carbocycles. The topological polar surface area (TPSA) is 172 Å². The first kappa shape index (κ1) is 50.4. The average molecular weight is 954 g/mol. The lowest BCUT2D eigenvalue weighted by molar-refractivity contribution is -0.152. The number of amides is 3. The molecule has 0 radical (unpaired) electrons. The van der Waals surface area contributed by atoms with E-state index in [1.807, 2.05) is 43.3 Å². The Labute approximate surface area is 391 Å². The minimum absolute atomic E-state index is 0.291. The zero-order valence-corrected chi connectivity index (χ0v) is 41.0. The zero-order chi connectivity index (χ0) is 47.2. The highest BCUT2D eigenvalue weighted by molar-refractivity contribution is 6.99. The van der Waals surface area contributed by atoms with Crippen LogP contribution in [-0.2, 0) is 28.3 Å². The van der Waals surface area contributed by atoms with Gasteiger partial charge in [-0.15, -0.1) is 0 Å². The lowest BCUT2D eigenvalue weighted by Crippen LogP contribution is -2.66. The fourth-order valence-corrected chi connectivity index (χ4v) is 12.5. The van der Waals surface area contributed by atoms with E-state index in [-0.39, 0.29) is 16.5 Å². The van der Waals surface area contributed by atoms with Crippen LogP contribution >= 0.6 is 34.8 Å². The molecular weight excluding hydrogens is 895 g/mol. The monoisotopic (exact) mass is 952 g/mol. The Morgan fingerprint density at radius 2 is 1.52 bits per heavy atom. The van der Waals surface area contributed by atoms with Crippen molar-refractivity contribution in [3.05, 3.63) is 107 Å². The maximum Gasteiger partial charge on any atom is 0.325 e. The number of rotatable bonds is 15. The van der Waals surface area contributed by atoms with Gasteiger partial charge in [-0.3, -0.25) is 29.0 Å². The number of hydrazine groups is 1. The molecule has 2 heterocycles. The Bertz CT molecular complexity index is 2350. The molecule has 344 valence electrons. The Morgan fingerprint density at radius 1 is 0.906 bits per heavy atom. The number of aromatic amines is 1. The van der Waals surface area contributed by atoms with E-state index in [2.05, 4.69) is 66.1 Å². The van der Waals surface area contributed by atoms with Crippen molar-refractivity contribution in [3.8, 4) is 0 Å². The number of fused-ring (bicyclic) bond motifs is 1. The minimum Gasteiger partial charge on any atom is -0.460 e. The molecule has 1 aromatic heterocycles. The Kier molecular flexibility index (Phi) is 16.3. The van der Waals surface area contributed by atoms with Gasteiger partial charge in [-0.05, 0) is 79.6 Å². The number of alkyl halides is 3. The number of hydrogen-bond acceptors (Lipinski definition) is 9. The SMILES string of the molecule is CC(C)[C@H](NC(=O)C(C)(C)/C=C/c1ccc2c(=O)[nH]c([C@@H](C)O[Si](c3ccccc3)(c3ccccc3)C(C)(C)C)nc2c1)C(=O)N[C@@H](C)C(=O)N1CCC[C@@H](C(=O)OCC(Cl)(Cl)Cl)N1. The van der Waals surface area contributed by atoms with Gasteiger partial charge in [0.1, 0.15) is 36.7 Å². The summed E-state index contributed by atoms with van der Waals surface area (Å²) in [6.07, 6.45) is 3.81. The molecule has 4 atom stereocenters. The van der Waals surface area contributed by atoms with Crippen LogP contribution in [0, 0.1) is 11.3 Å². The molecule has 3 amide bonds. The van der Waals surface area contributed by atoms with Crippen LogP contribution in [-0.4, -0.2) is 82.1 Å². The van der Waals surface area contributed by atoms with E-state index in [4.69, 9.17) is 48.9 Å². The Balaban J connectivity index is 1.29. The molecule has 0 unspecified atom stereocenters. The molecule has 0 spiro atoms. The molecule has 1 aliphatic rings. The van der Waals surface area contributed by atoms with E-state index < -0.39 is 72.1 Å². The first-order valence-electron chi connectivity index (χ1n) is 21.4. The van der Waals surface area contributed by atoms with E-state index in [0.29, 0.717) is 41.7 Å². The number of nitrogens with zero attached hydrogens (tertiary/aromatic N) is 2. The zero-order valence-electron chi connectivity index (χ0n) is 37.8. The summed E-state index contributed by atoms with van der Waals surface area (Å²) < 4.78 is 10.5. The summed E-state index contributed by atoms with van der Waals surface area (Å²) in [5.41, 5.74) is 2.63. The number of hydrogen-bond donors (Lipinski definition) is 4. The van der Waals surface area contributed by atoms with Gasteiger partial charge in [0.15, 0.2) is 0 Å². The molecule has 13 nitrogen and oxygen atoms in total. The number of H-pyrrole nitrogens is 1. The van der Waals surface area contributed by atoms with E-state index in [0.717, 1.165) is 10.4 Å². The normalized spacial score (nSPS) is 16.6. The molecule has 1 saturated heterocycles. The van der Waals surface area contributed by atoms with Crippen LogP contribution in [0.4, 0.5) is 0 Å². The molecule has 0 saturated carbocycles. The molecule has 4 N–H and O–H groups in total.